The number of anilines is 1. The first-order chi connectivity index (χ1) is 15.4. The number of nitrogens with zero attached hydrogens (tertiary/aromatic N) is 1. The average Bonchev–Trinajstić information content (AvgIpc) is 2.80. The molecule has 0 saturated carbocycles. The lowest BCUT2D eigenvalue weighted by atomic mass is 9.78. The summed E-state index contributed by atoms with van der Waals surface area (Å²) in [7, 11) is 1.20. The molecular formula is C24H23N3O4S. The highest BCUT2D eigenvalue weighted by Gasteiger charge is 2.44. The number of thioether (sulfide) groups is 1. The highest BCUT2D eigenvalue weighted by atomic mass is 32.2. The normalized spacial score (nSPS) is 17.9. The first kappa shape index (κ1) is 23.1. The zero-order valence-electron chi connectivity index (χ0n) is 18.0. The maximum absolute atomic E-state index is 12.8. The van der Waals surface area contributed by atoms with E-state index < -0.39 is 23.7 Å². The Hall–Kier alpha value is -3.57. The minimum Gasteiger partial charge on any atom is -0.468 e. The van der Waals surface area contributed by atoms with E-state index in [1.54, 1.807) is 24.3 Å². The van der Waals surface area contributed by atoms with Gasteiger partial charge in [0.2, 0.25) is 11.8 Å². The second kappa shape index (κ2) is 10.2. The van der Waals surface area contributed by atoms with Gasteiger partial charge in [-0.3, -0.25) is 14.4 Å². The highest BCUT2D eigenvalue weighted by Crippen LogP contribution is 2.40. The minimum absolute atomic E-state index is 0.0153. The van der Waals surface area contributed by atoms with Crippen molar-refractivity contribution in [2.24, 2.45) is 5.92 Å². The molecule has 0 bridgehead atoms. The van der Waals surface area contributed by atoms with E-state index in [2.05, 4.69) is 16.7 Å². The Morgan fingerprint density at radius 3 is 2.53 bits per heavy atom. The number of aryl methyl sites for hydroxylation is 1. The van der Waals surface area contributed by atoms with E-state index >= 15 is 0 Å². The third-order valence-corrected chi connectivity index (χ3v) is 6.39. The number of carbonyl (C=O) groups excluding carboxylic acids is 3. The Morgan fingerprint density at radius 1 is 1.16 bits per heavy atom. The maximum atomic E-state index is 12.8. The molecule has 32 heavy (non-hydrogen) atoms. The van der Waals surface area contributed by atoms with Crippen LogP contribution in [0, 0.1) is 31.1 Å². The van der Waals surface area contributed by atoms with Crippen LogP contribution >= 0.6 is 11.8 Å². The van der Waals surface area contributed by atoms with Gasteiger partial charge in [-0.2, -0.15) is 5.26 Å². The number of hydrogen-bond donors (Lipinski definition) is 2. The van der Waals surface area contributed by atoms with Gasteiger partial charge in [-0.1, -0.05) is 54.2 Å². The van der Waals surface area contributed by atoms with Gasteiger partial charge in [0.1, 0.15) is 5.92 Å². The molecule has 2 aromatic carbocycles. The third kappa shape index (κ3) is 4.84. The molecule has 1 aliphatic heterocycles. The summed E-state index contributed by atoms with van der Waals surface area (Å²) in [4.78, 5) is 37.7. The van der Waals surface area contributed by atoms with Crippen molar-refractivity contribution < 1.29 is 19.1 Å². The van der Waals surface area contributed by atoms with Crippen LogP contribution in [0.1, 0.15) is 22.6 Å². The quantitative estimate of drug-likeness (QED) is 0.517. The standard InChI is InChI=1S/C24H23N3O4S/c1-14-8-7-11-18(15(14)2)26-19(28)13-32-23-17(12-25)20(16-9-5-4-6-10-16)21(22(29)27-23)24(30)31-3/h4-11,20-21H,13H2,1-3H3,(H,26,28)(H,27,29)/t20-,21+/m0/s1. The van der Waals surface area contributed by atoms with Crippen molar-refractivity contribution in [3.05, 3.63) is 75.8 Å². The average molecular weight is 450 g/mol. The van der Waals surface area contributed by atoms with Gasteiger partial charge >= 0.3 is 5.97 Å². The Balaban J connectivity index is 1.87. The highest BCUT2D eigenvalue weighted by molar-refractivity contribution is 8.03. The topological polar surface area (TPSA) is 108 Å². The molecule has 0 fully saturated rings. The van der Waals surface area contributed by atoms with Gasteiger partial charge in [0.25, 0.3) is 0 Å². The molecule has 7 nitrogen and oxygen atoms in total. The number of carbonyl (C=O) groups is 3. The summed E-state index contributed by atoms with van der Waals surface area (Å²) in [6, 6.07) is 16.6. The molecule has 0 unspecified atom stereocenters. The molecule has 3 rings (SSSR count). The lowest BCUT2D eigenvalue weighted by molar-refractivity contribution is -0.150. The second-order valence-electron chi connectivity index (χ2n) is 7.32. The van der Waals surface area contributed by atoms with Crippen molar-refractivity contribution >= 4 is 35.2 Å². The van der Waals surface area contributed by atoms with Gasteiger partial charge in [-0.05, 0) is 36.6 Å². The summed E-state index contributed by atoms with van der Waals surface area (Å²) in [6.45, 7) is 3.88. The van der Waals surface area contributed by atoms with Gasteiger partial charge in [-0.25, -0.2) is 0 Å². The van der Waals surface area contributed by atoms with Crippen LogP contribution < -0.4 is 10.6 Å². The number of esters is 1. The van der Waals surface area contributed by atoms with Crippen LogP contribution in [0.4, 0.5) is 5.69 Å². The number of ether oxygens (including phenoxy) is 1. The van der Waals surface area contributed by atoms with Crippen LogP contribution in [-0.4, -0.2) is 30.6 Å². The van der Waals surface area contributed by atoms with Crippen LogP contribution in [-0.2, 0) is 19.1 Å². The fourth-order valence-electron chi connectivity index (χ4n) is 3.55. The van der Waals surface area contributed by atoms with Crippen LogP contribution in [0.25, 0.3) is 0 Å². The lowest BCUT2D eigenvalue weighted by Crippen LogP contribution is -2.44. The van der Waals surface area contributed by atoms with Crippen molar-refractivity contribution in [1.29, 1.82) is 5.26 Å². The van der Waals surface area contributed by atoms with Crippen LogP contribution in [0.2, 0.25) is 0 Å². The van der Waals surface area contributed by atoms with Crippen molar-refractivity contribution in [3.8, 4) is 6.07 Å². The van der Waals surface area contributed by atoms with Crippen molar-refractivity contribution in [1.82, 2.24) is 5.32 Å². The van der Waals surface area contributed by atoms with E-state index in [1.165, 1.54) is 7.11 Å². The fraction of sp³-hybridized carbons (Fsp3) is 0.250. The largest absolute Gasteiger partial charge is 0.468 e. The molecule has 2 atom stereocenters. The molecule has 2 amide bonds. The molecule has 8 heteroatoms. The van der Waals surface area contributed by atoms with Crippen LogP contribution in [0.5, 0.6) is 0 Å². The molecule has 1 heterocycles. The molecule has 2 aromatic rings. The third-order valence-electron chi connectivity index (χ3n) is 5.37. The number of hydrogen-bond acceptors (Lipinski definition) is 6. The number of nitriles is 1. The molecule has 2 N–H and O–H groups in total. The summed E-state index contributed by atoms with van der Waals surface area (Å²) in [6.07, 6.45) is 0. The van der Waals surface area contributed by atoms with Gasteiger partial charge < -0.3 is 15.4 Å². The summed E-state index contributed by atoms with van der Waals surface area (Å²) < 4.78 is 4.82. The maximum Gasteiger partial charge on any atom is 0.319 e. The van der Waals surface area contributed by atoms with Crippen molar-refractivity contribution in [2.75, 3.05) is 18.2 Å². The smallest absolute Gasteiger partial charge is 0.319 e. The van der Waals surface area contributed by atoms with E-state index in [9.17, 15) is 19.6 Å². The van der Waals surface area contributed by atoms with Gasteiger partial charge in [0.05, 0.1) is 29.5 Å². The van der Waals surface area contributed by atoms with Crippen molar-refractivity contribution in [3.63, 3.8) is 0 Å². The molecular weight excluding hydrogens is 426 g/mol. The number of allylic oxidation sites excluding steroid dienone is 1. The zero-order valence-corrected chi connectivity index (χ0v) is 18.8. The summed E-state index contributed by atoms with van der Waals surface area (Å²) in [5, 5.41) is 15.6. The Bertz CT molecular complexity index is 1120. The number of nitrogens with one attached hydrogen (secondary N) is 2. The second-order valence-corrected chi connectivity index (χ2v) is 8.30. The fourth-order valence-corrected chi connectivity index (χ4v) is 4.40. The van der Waals surface area contributed by atoms with E-state index in [-0.39, 0.29) is 22.3 Å². The van der Waals surface area contributed by atoms with E-state index in [0.717, 1.165) is 22.9 Å². The van der Waals surface area contributed by atoms with E-state index in [0.29, 0.717) is 11.3 Å². The first-order valence-corrected chi connectivity index (χ1v) is 10.9. The van der Waals surface area contributed by atoms with Gasteiger partial charge in [-0.15, -0.1) is 0 Å². The minimum atomic E-state index is -1.19. The molecule has 0 saturated heterocycles. The van der Waals surface area contributed by atoms with Crippen LogP contribution in [0.3, 0.4) is 0 Å². The molecule has 0 spiro atoms. The SMILES string of the molecule is COC(=O)[C@H]1C(=O)NC(SCC(=O)Nc2cccc(C)c2C)=C(C#N)[C@@H]1c1ccccc1. The Morgan fingerprint density at radius 2 is 1.88 bits per heavy atom. The molecule has 0 radical (unpaired) electrons. The van der Waals surface area contributed by atoms with Gasteiger partial charge in [0, 0.05) is 11.6 Å². The molecule has 164 valence electrons. The summed E-state index contributed by atoms with van der Waals surface area (Å²) >= 11 is 1.05. The monoisotopic (exact) mass is 449 g/mol. The number of rotatable bonds is 6. The molecule has 0 aromatic heterocycles. The van der Waals surface area contributed by atoms with Crippen molar-refractivity contribution in [2.45, 2.75) is 19.8 Å². The zero-order chi connectivity index (χ0) is 23.3. The van der Waals surface area contributed by atoms with E-state index in [4.69, 9.17) is 4.74 Å². The number of benzene rings is 2. The summed E-state index contributed by atoms with van der Waals surface area (Å²) in [5.74, 6) is -3.56. The van der Waals surface area contributed by atoms with E-state index in [1.807, 2.05) is 38.1 Å². The first-order valence-electron chi connectivity index (χ1n) is 9.94. The lowest BCUT2D eigenvalue weighted by Gasteiger charge is -2.30. The molecule has 0 aliphatic carbocycles. The predicted octanol–water partition coefficient (Wildman–Crippen LogP) is 3.41. The van der Waals surface area contributed by atoms with Gasteiger partial charge in [0.15, 0.2) is 0 Å². The predicted molar refractivity (Wildman–Crippen MR) is 122 cm³/mol. The Kier molecular flexibility index (Phi) is 7.33. The molecule has 1 aliphatic rings. The van der Waals surface area contributed by atoms with Crippen LogP contribution in [0.15, 0.2) is 59.1 Å². The Labute approximate surface area is 190 Å². The number of methoxy groups -OCH3 is 1. The summed E-state index contributed by atoms with van der Waals surface area (Å²) in [5.41, 5.74) is 3.61. The number of amides is 2.